The zero-order valence-electron chi connectivity index (χ0n) is 15.2. The fraction of sp³-hybridized carbons (Fsp3) is 0.286. The molecule has 0 radical (unpaired) electrons. The molecular weight excluding hydrogens is 328 g/mol. The van der Waals surface area contributed by atoms with Crippen LogP contribution in [0.2, 0.25) is 0 Å². The fourth-order valence-corrected chi connectivity index (χ4v) is 3.06. The number of methoxy groups -OCH3 is 2. The summed E-state index contributed by atoms with van der Waals surface area (Å²) in [5.74, 6) is 1.46. The van der Waals surface area contributed by atoms with Crippen LogP contribution in [0.25, 0.3) is 6.08 Å². The topological polar surface area (TPSA) is 42.0 Å². The highest BCUT2D eigenvalue weighted by atomic mass is 16.5. The van der Waals surface area contributed by atoms with Gasteiger partial charge in [0.25, 0.3) is 0 Å². The minimum Gasteiger partial charge on any atom is -0.497 e. The lowest BCUT2D eigenvalue weighted by Gasteiger charge is -2.35. The number of amides is 1. The molecule has 0 atom stereocenters. The van der Waals surface area contributed by atoms with Gasteiger partial charge in [-0.2, -0.15) is 0 Å². The van der Waals surface area contributed by atoms with E-state index >= 15 is 0 Å². The van der Waals surface area contributed by atoms with Crippen molar-refractivity contribution in [2.24, 2.45) is 0 Å². The highest BCUT2D eigenvalue weighted by molar-refractivity contribution is 5.92. The van der Waals surface area contributed by atoms with Gasteiger partial charge in [0.1, 0.15) is 11.5 Å². The summed E-state index contributed by atoms with van der Waals surface area (Å²) in [6.07, 6.45) is 3.39. The molecule has 0 aromatic heterocycles. The predicted molar refractivity (Wildman–Crippen MR) is 104 cm³/mol. The summed E-state index contributed by atoms with van der Waals surface area (Å²) in [5, 5.41) is 0. The van der Waals surface area contributed by atoms with Crippen molar-refractivity contribution in [3.05, 3.63) is 60.2 Å². The summed E-state index contributed by atoms with van der Waals surface area (Å²) in [7, 11) is 3.23. The highest BCUT2D eigenvalue weighted by Crippen LogP contribution is 2.25. The van der Waals surface area contributed by atoms with E-state index in [1.54, 1.807) is 26.4 Å². The molecular formula is C21H24N2O3. The first-order valence-corrected chi connectivity index (χ1v) is 8.70. The third kappa shape index (κ3) is 4.17. The van der Waals surface area contributed by atoms with E-state index in [0.29, 0.717) is 18.8 Å². The van der Waals surface area contributed by atoms with Crippen LogP contribution >= 0.6 is 0 Å². The SMILES string of the molecule is COc1ccc(OC)c(/C=C/C(=O)N2CCN(c3ccccc3)CC2)c1. The van der Waals surface area contributed by atoms with Crippen molar-refractivity contribution in [2.75, 3.05) is 45.3 Å². The highest BCUT2D eigenvalue weighted by Gasteiger charge is 2.19. The van der Waals surface area contributed by atoms with Crippen molar-refractivity contribution >= 4 is 17.7 Å². The molecule has 26 heavy (non-hydrogen) atoms. The molecule has 1 fully saturated rings. The molecule has 0 bridgehead atoms. The van der Waals surface area contributed by atoms with Crippen molar-refractivity contribution in [3.8, 4) is 11.5 Å². The summed E-state index contributed by atoms with van der Waals surface area (Å²) in [4.78, 5) is 16.7. The van der Waals surface area contributed by atoms with Crippen LogP contribution in [0, 0.1) is 0 Å². The van der Waals surface area contributed by atoms with Gasteiger partial charge in [-0.3, -0.25) is 4.79 Å². The Balaban J connectivity index is 1.62. The van der Waals surface area contributed by atoms with E-state index in [1.165, 1.54) is 5.69 Å². The van der Waals surface area contributed by atoms with E-state index in [2.05, 4.69) is 17.0 Å². The molecule has 5 nitrogen and oxygen atoms in total. The number of rotatable bonds is 5. The lowest BCUT2D eigenvalue weighted by Crippen LogP contribution is -2.48. The lowest BCUT2D eigenvalue weighted by molar-refractivity contribution is -0.126. The van der Waals surface area contributed by atoms with Gasteiger partial charge in [0.2, 0.25) is 5.91 Å². The van der Waals surface area contributed by atoms with Gasteiger partial charge in [0, 0.05) is 43.5 Å². The average molecular weight is 352 g/mol. The van der Waals surface area contributed by atoms with Crippen LogP contribution in [0.4, 0.5) is 5.69 Å². The second-order valence-electron chi connectivity index (χ2n) is 6.09. The molecule has 136 valence electrons. The molecule has 0 spiro atoms. The van der Waals surface area contributed by atoms with E-state index in [-0.39, 0.29) is 5.91 Å². The molecule has 0 saturated carbocycles. The molecule has 5 heteroatoms. The number of benzene rings is 2. The van der Waals surface area contributed by atoms with Gasteiger partial charge in [-0.15, -0.1) is 0 Å². The Bertz CT molecular complexity index is 766. The monoisotopic (exact) mass is 352 g/mol. The van der Waals surface area contributed by atoms with E-state index in [0.717, 1.165) is 24.4 Å². The molecule has 0 aliphatic carbocycles. The van der Waals surface area contributed by atoms with Crippen molar-refractivity contribution in [3.63, 3.8) is 0 Å². The van der Waals surface area contributed by atoms with Crippen molar-refractivity contribution < 1.29 is 14.3 Å². The van der Waals surface area contributed by atoms with Crippen LogP contribution in [0.1, 0.15) is 5.56 Å². The van der Waals surface area contributed by atoms with Crippen LogP contribution < -0.4 is 14.4 Å². The first-order chi connectivity index (χ1) is 12.7. The average Bonchev–Trinajstić information content (AvgIpc) is 2.72. The largest absolute Gasteiger partial charge is 0.497 e. The van der Waals surface area contributed by atoms with E-state index in [9.17, 15) is 4.79 Å². The number of ether oxygens (including phenoxy) is 2. The maximum atomic E-state index is 12.5. The minimum absolute atomic E-state index is 0.0163. The van der Waals surface area contributed by atoms with Crippen LogP contribution in [-0.2, 0) is 4.79 Å². The van der Waals surface area contributed by atoms with Gasteiger partial charge < -0.3 is 19.3 Å². The van der Waals surface area contributed by atoms with Gasteiger partial charge in [-0.05, 0) is 36.4 Å². The molecule has 1 amide bonds. The Kier molecular flexibility index (Phi) is 5.79. The van der Waals surface area contributed by atoms with Gasteiger partial charge >= 0.3 is 0 Å². The van der Waals surface area contributed by atoms with Crippen molar-refractivity contribution in [1.82, 2.24) is 4.90 Å². The van der Waals surface area contributed by atoms with Crippen LogP contribution in [0.5, 0.6) is 11.5 Å². The molecule has 1 aliphatic rings. The summed E-state index contributed by atoms with van der Waals surface area (Å²) in [5.41, 5.74) is 2.03. The number of carbonyl (C=O) groups excluding carboxylic acids is 1. The third-order valence-electron chi connectivity index (χ3n) is 4.56. The Morgan fingerprint density at radius 1 is 0.962 bits per heavy atom. The quantitative estimate of drug-likeness (QED) is 0.776. The van der Waals surface area contributed by atoms with E-state index in [1.807, 2.05) is 41.3 Å². The Morgan fingerprint density at radius 3 is 2.35 bits per heavy atom. The number of hydrogen-bond donors (Lipinski definition) is 0. The Morgan fingerprint density at radius 2 is 1.69 bits per heavy atom. The molecule has 1 saturated heterocycles. The first-order valence-electron chi connectivity index (χ1n) is 8.70. The summed E-state index contributed by atoms with van der Waals surface area (Å²) >= 11 is 0. The number of carbonyl (C=O) groups is 1. The van der Waals surface area contributed by atoms with Gasteiger partial charge in [-0.1, -0.05) is 18.2 Å². The Labute approximate surface area is 154 Å². The standard InChI is InChI=1S/C21H24N2O3/c1-25-19-9-10-20(26-2)17(16-19)8-11-21(24)23-14-12-22(13-15-23)18-6-4-3-5-7-18/h3-11,16H,12-15H2,1-2H3/b11-8+. The summed E-state index contributed by atoms with van der Waals surface area (Å²) in [6, 6.07) is 15.8. The molecule has 3 rings (SSSR count). The van der Waals surface area contributed by atoms with Gasteiger partial charge in [0.05, 0.1) is 14.2 Å². The zero-order valence-corrected chi connectivity index (χ0v) is 15.2. The molecule has 0 unspecified atom stereocenters. The van der Waals surface area contributed by atoms with Crippen molar-refractivity contribution in [2.45, 2.75) is 0 Å². The summed E-state index contributed by atoms with van der Waals surface area (Å²) < 4.78 is 10.6. The zero-order chi connectivity index (χ0) is 18.4. The van der Waals surface area contributed by atoms with E-state index in [4.69, 9.17) is 9.47 Å². The van der Waals surface area contributed by atoms with Gasteiger partial charge in [0.15, 0.2) is 0 Å². The van der Waals surface area contributed by atoms with Crippen LogP contribution in [-0.4, -0.2) is 51.2 Å². The number of anilines is 1. The number of hydrogen-bond acceptors (Lipinski definition) is 4. The number of para-hydroxylation sites is 1. The fourth-order valence-electron chi connectivity index (χ4n) is 3.06. The maximum absolute atomic E-state index is 12.5. The number of piperazine rings is 1. The lowest BCUT2D eigenvalue weighted by atomic mass is 10.1. The summed E-state index contributed by atoms with van der Waals surface area (Å²) in [6.45, 7) is 3.11. The third-order valence-corrected chi connectivity index (χ3v) is 4.56. The van der Waals surface area contributed by atoms with Crippen molar-refractivity contribution in [1.29, 1.82) is 0 Å². The first kappa shape index (κ1) is 17.9. The van der Waals surface area contributed by atoms with E-state index < -0.39 is 0 Å². The maximum Gasteiger partial charge on any atom is 0.246 e. The number of nitrogens with zero attached hydrogens (tertiary/aromatic N) is 2. The molecule has 2 aromatic rings. The van der Waals surface area contributed by atoms with Gasteiger partial charge in [-0.25, -0.2) is 0 Å². The van der Waals surface area contributed by atoms with Crippen LogP contribution in [0.15, 0.2) is 54.6 Å². The second kappa shape index (κ2) is 8.43. The molecule has 2 aromatic carbocycles. The normalized spacial score (nSPS) is 14.5. The molecule has 0 N–H and O–H groups in total. The smallest absolute Gasteiger partial charge is 0.246 e. The molecule has 1 aliphatic heterocycles. The minimum atomic E-state index is 0.0163. The predicted octanol–water partition coefficient (Wildman–Crippen LogP) is 3.07. The Hall–Kier alpha value is -2.95. The molecule has 1 heterocycles. The second-order valence-corrected chi connectivity index (χ2v) is 6.09. The van der Waals surface area contributed by atoms with Crippen LogP contribution in [0.3, 0.4) is 0 Å².